The van der Waals surface area contributed by atoms with Crippen molar-refractivity contribution in [3.63, 3.8) is 0 Å². The van der Waals surface area contributed by atoms with Gasteiger partial charge in [0.05, 0.1) is 17.7 Å². The van der Waals surface area contributed by atoms with Gasteiger partial charge < -0.3 is 9.80 Å². The zero-order valence-electron chi connectivity index (χ0n) is 15.5. The van der Waals surface area contributed by atoms with Gasteiger partial charge in [-0.15, -0.1) is 0 Å². The molecule has 2 amide bonds. The molecule has 2 saturated heterocycles. The third kappa shape index (κ3) is 2.96. The molecule has 0 unspecified atom stereocenters. The van der Waals surface area contributed by atoms with E-state index in [4.69, 9.17) is 0 Å². The fourth-order valence-corrected chi connectivity index (χ4v) is 4.56. The van der Waals surface area contributed by atoms with E-state index < -0.39 is 0 Å². The maximum absolute atomic E-state index is 13.2. The first-order valence-electron chi connectivity index (χ1n) is 9.54. The zero-order chi connectivity index (χ0) is 17.7. The summed E-state index contributed by atoms with van der Waals surface area (Å²) in [5.41, 5.74) is 3.36. The van der Waals surface area contributed by atoms with E-state index in [1.165, 1.54) is 18.4 Å². The fourth-order valence-electron chi connectivity index (χ4n) is 4.56. The van der Waals surface area contributed by atoms with E-state index in [9.17, 15) is 9.59 Å². The molecular formula is C19H28N4O2. The highest BCUT2D eigenvalue weighted by Crippen LogP contribution is 2.38. The SMILES string of the molecule is Cc1nn(C)c(C)c1[C@H]1CCCN1C(=O)[C@H]1CC(=O)N(CC2CC2)C1. The van der Waals surface area contributed by atoms with E-state index in [1.54, 1.807) is 0 Å². The number of carbonyl (C=O) groups excluding carboxylic acids is 2. The van der Waals surface area contributed by atoms with E-state index in [0.29, 0.717) is 18.9 Å². The van der Waals surface area contributed by atoms with Crippen molar-refractivity contribution in [3.8, 4) is 0 Å². The van der Waals surface area contributed by atoms with Gasteiger partial charge in [0.2, 0.25) is 11.8 Å². The lowest BCUT2D eigenvalue weighted by Gasteiger charge is -2.28. The Morgan fingerprint density at radius 2 is 2.00 bits per heavy atom. The second kappa shape index (κ2) is 6.15. The number of hydrogen-bond donors (Lipinski definition) is 0. The van der Waals surface area contributed by atoms with Crippen LogP contribution in [0, 0.1) is 25.7 Å². The van der Waals surface area contributed by atoms with Gasteiger partial charge in [0.25, 0.3) is 0 Å². The van der Waals surface area contributed by atoms with E-state index in [-0.39, 0.29) is 23.8 Å². The minimum atomic E-state index is -0.163. The molecule has 3 fully saturated rings. The van der Waals surface area contributed by atoms with Crippen molar-refractivity contribution in [2.75, 3.05) is 19.6 Å². The molecule has 2 aliphatic heterocycles. The van der Waals surface area contributed by atoms with Crippen LogP contribution in [0.15, 0.2) is 0 Å². The zero-order valence-corrected chi connectivity index (χ0v) is 15.5. The molecule has 1 aromatic heterocycles. The summed E-state index contributed by atoms with van der Waals surface area (Å²) < 4.78 is 1.90. The lowest BCUT2D eigenvalue weighted by molar-refractivity contribution is -0.136. The van der Waals surface area contributed by atoms with Crippen molar-refractivity contribution < 1.29 is 9.59 Å². The Morgan fingerprint density at radius 1 is 1.24 bits per heavy atom. The van der Waals surface area contributed by atoms with Crippen LogP contribution in [0.5, 0.6) is 0 Å². The number of aryl methyl sites for hydroxylation is 2. The molecule has 0 spiro atoms. The maximum atomic E-state index is 13.2. The van der Waals surface area contributed by atoms with Gasteiger partial charge in [0.1, 0.15) is 0 Å². The topological polar surface area (TPSA) is 58.4 Å². The second-order valence-electron chi connectivity index (χ2n) is 8.04. The van der Waals surface area contributed by atoms with Gasteiger partial charge in [-0.1, -0.05) is 0 Å². The van der Waals surface area contributed by atoms with E-state index in [0.717, 1.165) is 37.3 Å². The second-order valence-corrected chi connectivity index (χ2v) is 8.04. The molecule has 1 aromatic rings. The number of carbonyl (C=O) groups is 2. The van der Waals surface area contributed by atoms with Crippen LogP contribution in [0.1, 0.15) is 55.1 Å². The molecule has 4 rings (SSSR count). The van der Waals surface area contributed by atoms with Gasteiger partial charge >= 0.3 is 0 Å². The molecule has 136 valence electrons. The quantitative estimate of drug-likeness (QED) is 0.839. The summed E-state index contributed by atoms with van der Waals surface area (Å²) in [6.45, 7) is 6.37. The Bertz CT molecular complexity index is 707. The summed E-state index contributed by atoms with van der Waals surface area (Å²) in [7, 11) is 1.96. The van der Waals surface area contributed by atoms with Crippen molar-refractivity contribution in [1.82, 2.24) is 19.6 Å². The third-order valence-electron chi connectivity index (χ3n) is 6.17. The van der Waals surface area contributed by atoms with Gasteiger partial charge in [-0.3, -0.25) is 14.3 Å². The fraction of sp³-hybridized carbons (Fsp3) is 0.737. The number of likely N-dealkylation sites (tertiary alicyclic amines) is 2. The molecular weight excluding hydrogens is 316 g/mol. The first-order valence-corrected chi connectivity index (χ1v) is 9.54. The molecule has 3 heterocycles. The number of nitrogens with zero attached hydrogens (tertiary/aromatic N) is 4. The van der Waals surface area contributed by atoms with Crippen molar-refractivity contribution in [3.05, 3.63) is 17.0 Å². The average Bonchev–Trinajstić information content (AvgIpc) is 3.02. The number of rotatable bonds is 4. The summed E-state index contributed by atoms with van der Waals surface area (Å²) in [4.78, 5) is 29.4. The minimum absolute atomic E-state index is 0.119. The highest BCUT2D eigenvalue weighted by Gasteiger charge is 2.42. The van der Waals surface area contributed by atoms with E-state index >= 15 is 0 Å². The maximum Gasteiger partial charge on any atom is 0.228 e. The number of aromatic nitrogens is 2. The Balaban J connectivity index is 1.50. The molecule has 1 saturated carbocycles. The van der Waals surface area contributed by atoms with Crippen molar-refractivity contribution >= 4 is 11.8 Å². The van der Waals surface area contributed by atoms with Gasteiger partial charge in [-0.2, -0.15) is 5.10 Å². The third-order valence-corrected chi connectivity index (χ3v) is 6.17. The van der Waals surface area contributed by atoms with Crippen molar-refractivity contribution in [2.24, 2.45) is 18.9 Å². The average molecular weight is 344 g/mol. The Morgan fingerprint density at radius 3 is 2.64 bits per heavy atom. The molecule has 2 atom stereocenters. The molecule has 6 nitrogen and oxygen atoms in total. The summed E-state index contributed by atoms with van der Waals surface area (Å²) >= 11 is 0. The van der Waals surface area contributed by atoms with Gasteiger partial charge in [-0.05, 0) is 45.4 Å². The number of amides is 2. The van der Waals surface area contributed by atoms with Crippen molar-refractivity contribution in [1.29, 1.82) is 0 Å². The largest absolute Gasteiger partial charge is 0.342 e. The first kappa shape index (κ1) is 16.6. The predicted molar refractivity (Wildman–Crippen MR) is 93.8 cm³/mol. The smallest absolute Gasteiger partial charge is 0.228 e. The molecule has 25 heavy (non-hydrogen) atoms. The minimum Gasteiger partial charge on any atom is -0.342 e. The number of hydrogen-bond acceptors (Lipinski definition) is 3. The molecule has 3 aliphatic rings. The van der Waals surface area contributed by atoms with E-state index in [1.807, 2.05) is 28.5 Å². The molecule has 1 aliphatic carbocycles. The molecule has 0 N–H and O–H groups in total. The molecule has 6 heteroatoms. The standard InChI is InChI=1S/C19H28N4O2/c1-12-18(13(2)21(3)20-12)16-5-4-8-23(16)19(25)15-9-17(24)22(11-15)10-14-6-7-14/h14-16H,4-11H2,1-3H3/t15-,16+/m0/s1. The van der Waals surface area contributed by atoms with Crippen LogP contribution in [0.3, 0.4) is 0 Å². The lowest BCUT2D eigenvalue weighted by atomic mass is 10.0. The van der Waals surface area contributed by atoms with Crippen LogP contribution in [0.25, 0.3) is 0 Å². The van der Waals surface area contributed by atoms with Crippen LogP contribution in [0.4, 0.5) is 0 Å². The molecule has 0 aromatic carbocycles. The molecule has 0 radical (unpaired) electrons. The summed E-state index contributed by atoms with van der Waals surface area (Å²) in [6, 6.07) is 0.119. The van der Waals surface area contributed by atoms with Crippen LogP contribution < -0.4 is 0 Å². The Labute approximate surface area is 149 Å². The Kier molecular flexibility index (Phi) is 4.08. The highest BCUT2D eigenvalue weighted by molar-refractivity contribution is 5.89. The van der Waals surface area contributed by atoms with Gasteiger partial charge in [0, 0.05) is 44.4 Å². The Hall–Kier alpha value is -1.85. The van der Waals surface area contributed by atoms with Crippen LogP contribution in [-0.2, 0) is 16.6 Å². The summed E-state index contributed by atoms with van der Waals surface area (Å²) in [5, 5.41) is 4.53. The predicted octanol–water partition coefficient (Wildman–Crippen LogP) is 1.96. The van der Waals surface area contributed by atoms with Gasteiger partial charge in [-0.25, -0.2) is 0 Å². The molecule has 0 bridgehead atoms. The normalized spacial score (nSPS) is 26.8. The van der Waals surface area contributed by atoms with Gasteiger partial charge in [0.15, 0.2) is 0 Å². The van der Waals surface area contributed by atoms with Crippen LogP contribution >= 0.6 is 0 Å². The first-order chi connectivity index (χ1) is 12.0. The summed E-state index contributed by atoms with van der Waals surface area (Å²) in [6.07, 6.45) is 4.87. The van der Waals surface area contributed by atoms with Crippen molar-refractivity contribution in [2.45, 2.75) is 52.0 Å². The van der Waals surface area contributed by atoms with Crippen LogP contribution in [0.2, 0.25) is 0 Å². The monoisotopic (exact) mass is 344 g/mol. The van der Waals surface area contributed by atoms with E-state index in [2.05, 4.69) is 12.0 Å². The highest BCUT2D eigenvalue weighted by atomic mass is 16.2. The lowest BCUT2D eigenvalue weighted by Crippen LogP contribution is -2.37. The van der Waals surface area contributed by atoms with Crippen LogP contribution in [-0.4, -0.2) is 51.0 Å². The summed E-state index contributed by atoms with van der Waals surface area (Å²) in [5.74, 6) is 0.841.